The first-order valence-corrected chi connectivity index (χ1v) is 7.01. The van der Waals surface area contributed by atoms with Gasteiger partial charge in [0, 0.05) is 31.8 Å². The SMILES string of the molecule is Cc1c(C(=O)N(C)C(C)CN)nnn1-c1cccc([N+](=O)[O-])c1.Cl. The fraction of sp³-hybridized carbons (Fsp3) is 0.357. The van der Waals surface area contributed by atoms with Crippen molar-refractivity contribution < 1.29 is 9.72 Å². The number of likely N-dealkylation sites (N-methyl/N-ethyl adjacent to an activating group) is 1. The van der Waals surface area contributed by atoms with E-state index in [4.69, 9.17) is 5.73 Å². The van der Waals surface area contributed by atoms with E-state index in [0.29, 0.717) is 17.9 Å². The summed E-state index contributed by atoms with van der Waals surface area (Å²) in [5, 5.41) is 18.7. The Labute approximate surface area is 145 Å². The van der Waals surface area contributed by atoms with Gasteiger partial charge in [-0.3, -0.25) is 14.9 Å². The summed E-state index contributed by atoms with van der Waals surface area (Å²) < 4.78 is 1.40. The van der Waals surface area contributed by atoms with E-state index in [1.807, 2.05) is 6.92 Å². The van der Waals surface area contributed by atoms with E-state index in [-0.39, 0.29) is 35.7 Å². The number of nitro groups is 1. The van der Waals surface area contributed by atoms with Crippen molar-refractivity contribution in [3.63, 3.8) is 0 Å². The molecule has 1 atom stereocenters. The van der Waals surface area contributed by atoms with Crippen LogP contribution >= 0.6 is 12.4 Å². The fourth-order valence-electron chi connectivity index (χ4n) is 2.04. The minimum atomic E-state index is -0.488. The number of amides is 1. The van der Waals surface area contributed by atoms with E-state index in [2.05, 4.69) is 10.3 Å². The van der Waals surface area contributed by atoms with Gasteiger partial charge in [-0.15, -0.1) is 17.5 Å². The number of nitrogens with zero attached hydrogens (tertiary/aromatic N) is 5. The molecule has 0 aliphatic carbocycles. The summed E-state index contributed by atoms with van der Waals surface area (Å²) in [6.45, 7) is 3.85. The molecule has 0 fully saturated rings. The Morgan fingerprint density at radius 2 is 2.17 bits per heavy atom. The van der Waals surface area contributed by atoms with Crippen molar-refractivity contribution in [1.29, 1.82) is 0 Å². The van der Waals surface area contributed by atoms with E-state index < -0.39 is 4.92 Å². The minimum Gasteiger partial charge on any atom is -0.336 e. The van der Waals surface area contributed by atoms with Crippen molar-refractivity contribution in [3.05, 3.63) is 45.8 Å². The molecule has 24 heavy (non-hydrogen) atoms. The molecule has 130 valence electrons. The molecule has 10 heteroatoms. The van der Waals surface area contributed by atoms with Crippen LogP contribution in [0.1, 0.15) is 23.1 Å². The van der Waals surface area contributed by atoms with Crippen LogP contribution in [0.25, 0.3) is 5.69 Å². The van der Waals surface area contributed by atoms with Crippen LogP contribution in [0.2, 0.25) is 0 Å². The van der Waals surface area contributed by atoms with Crippen molar-refractivity contribution in [2.75, 3.05) is 13.6 Å². The van der Waals surface area contributed by atoms with Crippen molar-refractivity contribution >= 4 is 24.0 Å². The number of carbonyl (C=O) groups is 1. The van der Waals surface area contributed by atoms with Gasteiger partial charge in [-0.05, 0) is 19.9 Å². The number of hydrogen-bond donors (Lipinski definition) is 1. The van der Waals surface area contributed by atoms with Crippen molar-refractivity contribution in [1.82, 2.24) is 19.9 Å². The second-order valence-electron chi connectivity index (χ2n) is 5.21. The predicted octanol–water partition coefficient (Wildman–Crippen LogP) is 1.32. The summed E-state index contributed by atoms with van der Waals surface area (Å²) in [6, 6.07) is 5.85. The van der Waals surface area contributed by atoms with E-state index in [9.17, 15) is 14.9 Å². The molecule has 0 saturated heterocycles. The van der Waals surface area contributed by atoms with Gasteiger partial charge >= 0.3 is 0 Å². The summed E-state index contributed by atoms with van der Waals surface area (Å²) in [5.41, 5.74) is 6.68. The Hall–Kier alpha value is -2.52. The van der Waals surface area contributed by atoms with Gasteiger partial charge < -0.3 is 10.6 Å². The Kier molecular flexibility index (Phi) is 6.38. The highest BCUT2D eigenvalue weighted by Crippen LogP contribution is 2.19. The third-order valence-corrected chi connectivity index (χ3v) is 3.70. The van der Waals surface area contributed by atoms with Gasteiger partial charge in [-0.25, -0.2) is 4.68 Å². The van der Waals surface area contributed by atoms with E-state index in [0.717, 1.165) is 0 Å². The summed E-state index contributed by atoms with van der Waals surface area (Å²) in [6.07, 6.45) is 0. The number of benzene rings is 1. The lowest BCUT2D eigenvalue weighted by atomic mass is 10.2. The molecule has 0 spiro atoms. The topological polar surface area (TPSA) is 120 Å². The highest BCUT2D eigenvalue weighted by atomic mass is 35.5. The highest BCUT2D eigenvalue weighted by Gasteiger charge is 2.23. The third kappa shape index (κ3) is 3.69. The minimum absolute atomic E-state index is 0. The van der Waals surface area contributed by atoms with Gasteiger partial charge in [-0.1, -0.05) is 11.3 Å². The quantitative estimate of drug-likeness (QED) is 0.638. The predicted molar refractivity (Wildman–Crippen MR) is 90.6 cm³/mol. The smallest absolute Gasteiger partial charge is 0.276 e. The molecule has 0 saturated carbocycles. The Morgan fingerprint density at radius 3 is 2.75 bits per heavy atom. The second kappa shape index (κ2) is 7.84. The molecule has 2 aromatic rings. The zero-order valence-electron chi connectivity index (χ0n) is 13.5. The average Bonchev–Trinajstić information content (AvgIpc) is 2.94. The van der Waals surface area contributed by atoms with Crippen LogP contribution < -0.4 is 5.73 Å². The van der Waals surface area contributed by atoms with Gasteiger partial charge in [-0.2, -0.15) is 0 Å². The number of non-ortho nitro benzene ring substituents is 1. The lowest BCUT2D eigenvalue weighted by Gasteiger charge is -2.22. The number of hydrogen-bond acceptors (Lipinski definition) is 6. The van der Waals surface area contributed by atoms with Gasteiger partial charge in [0.2, 0.25) is 0 Å². The lowest BCUT2D eigenvalue weighted by molar-refractivity contribution is -0.384. The molecule has 1 aromatic heterocycles. The maximum absolute atomic E-state index is 12.4. The summed E-state index contributed by atoms with van der Waals surface area (Å²) in [5.74, 6) is -0.294. The van der Waals surface area contributed by atoms with Crippen molar-refractivity contribution in [3.8, 4) is 5.69 Å². The van der Waals surface area contributed by atoms with Gasteiger partial charge in [0.25, 0.3) is 11.6 Å². The van der Waals surface area contributed by atoms with Crippen LogP contribution in [0.15, 0.2) is 24.3 Å². The summed E-state index contributed by atoms with van der Waals surface area (Å²) >= 11 is 0. The highest BCUT2D eigenvalue weighted by molar-refractivity contribution is 5.93. The van der Waals surface area contributed by atoms with Crippen LogP contribution in [0.3, 0.4) is 0 Å². The van der Waals surface area contributed by atoms with Crippen LogP contribution in [-0.2, 0) is 0 Å². The number of carbonyl (C=O) groups excluding carboxylic acids is 1. The molecule has 1 amide bonds. The lowest BCUT2D eigenvalue weighted by Crippen LogP contribution is -2.40. The number of halogens is 1. The normalized spacial score (nSPS) is 11.5. The number of rotatable bonds is 5. The van der Waals surface area contributed by atoms with Crippen LogP contribution in [-0.4, -0.2) is 50.4 Å². The van der Waals surface area contributed by atoms with Crippen LogP contribution in [0, 0.1) is 17.0 Å². The molecule has 2 N–H and O–H groups in total. The van der Waals surface area contributed by atoms with E-state index >= 15 is 0 Å². The monoisotopic (exact) mass is 354 g/mol. The first-order chi connectivity index (χ1) is 10.9. The Morgan fingerprint density at radius 1 is 1.50 bits per heavy atom. The van der Waals surface area contributed by atoms with Crippen molar-refractivity contribution in [2.24, 2.45) is 5.73 Å². The second-order valence-corrected chi connectivity index (χ2v) is 5.21. The molecule has 0 radical (unpaired) electrons. The average molecular weight is 355 g/mol. The molecule has 2 rings (SSSR count). The fourth-order valence-corrected chi connectivity index (χ4v) is 2.04. The molecule has 1 aromatic carbocycles. The molecular formula is C14H19ClN6O3. The standard InChI is InChI=1S/C14H18N6O3.ClH/c1-9(8-15)18(3)14(21)13-10(2)19(17-16-13)11-5-4-6-12(7-11)20(22)23;/h4-7,9H,8,15H2,1-3H3;1H. The van der Waals surface area contributed by atoms with E-state index in [1.165, 1.54) is 21.7 Å². The van der Waals surface area contributed by atoms with E-state index in [1.54, 1.807) is 26.1 Å². The first kappa shape index (κ1) is 19.5. The van der Waals surface area contributed by atoms with Gasteiger partial charge in [0.05, 0.1) is 16.3 Å². The first-order valence-electron chi connectivity index (χ1n) is 7.01. The van der Waals surface area contributed by atoms with Crippen molar-refractivity contribution in [2.45, 2.75) is 19.9 Å². The maximum atomic E-state index is 12.4. The number of nitro benzene ring substituents is 1. The Bertz CT molecular complexity index is 748. The molecule has 1 heterocycles. The molecule has 0 aliphatic heterocycles. The number of aromatic nitrogens is 3. The zero-order chi connectivity index (χ0) is 17.1. The zero-order valence-corrected chi connectivity index (χ0v) is 14.4. The molecule has 0 bridgehead atoms. The van der Waals surface area contributed by atoms with Crippen LogP contribution in [0.4, 0.5) is 5.69 Å². The van der Waals surface area contributed by atoms with Crippen LogP contribution in [0.5, 0.6) is 0 Å². The number of nitrogens with two attached hydrogens (primary N) is 1. The third-order valence-electron chi connectivity index (χ3n) is 3.70. The molecule has 1 unspecified atom stereocenters. The summed E-state index contributed by atoms with van der Waals surface area (Å²) in [4.78, 5) is 24.3. The molecule has 0 aliphatic rings. The van der Waals surface area contributed by atoms with Gasteiger partial charge in [0.1, 0.15) is 0 Å². The largest absolute Gasteiger partial charge is 0.336 e. The summed E-state index contributed by atoms with van der Waals surface area (Å²) in [7, 11) is 1.64. The maximum Gasteiger partial charge on any atom is 0.276 e. The molecule has 9 nitrogen and oxygen atoms in total. The Balaban J connectivity index is 0.00000288. The molecular weight excluding hydrogens is 336 g/mol. The van der Waals surface area contributed by atoms with Gasteiger partial charge in [0.15, 0.2) is 5.69 Å².